The molecule has 14 heavy (non-hydrogen) atoms. The fourth-order valence-electron chi connectivity index (χ4n) is 0.881. The molecule has 0 fully saturated rings. The standard InChI is InChI=1S/C10H5F3O/c1-2-7-3-5-8(6-4-7)9(14)10(11,12)13/h1,3-6H. The molecular formula is C10H5F3O. The van der Waals surface area contributed by atoms with E-state index in [2.05, 4.69) is 5.92 Å². The second-order valence-electron chi connectivity index (χ2n) is 2.55. The molecule has 1 aromatic rings. The largest absolute Gasteiger partial charge is 0.454 e. The molecule has 0 aliphatic carbocycles. The van der Waals surface area contributed by atoms with E-state index in [-0.39, 0.29) is 0 Å². The zero-order valence-corrected chi connectivity index (χ0v) is 6.93. The summed E-state index contributed by atoms with van der Waals surface area (Å²) < 4.78 is 35.8. The van der Waals surface area contributed by atoms with Crippen molar-refractivity contribution in [1.82, 2.24) is 0 Å². The average molecular weight is 198 g/mol. The topological polar surface area (TPSA) is 17.1 Å². The molecular weight excluding hydrogens is 193 g/mol. The van der Waals surface area contributed by atoms with Gasteiger partial charge in [0.2, 0.25) is 0 Å². The summed E-state index contributed by atoms with van der Waals surface area (Å²) in [5, 5.41) is 0. The van der Waals surface area contributed by atoms with Crippen molar-refractivity contribution in [2.24, 2.45) is 0 Å². The van der Waals surface area contributed by atoms with Crippen LogP contribution >= 0.6 is 0 Å². The van der Waals surface area contributed by atoms with Crippen LogP contribution in [0.2, 0.25) is 0 Å². The van der Waals surface area contributed by atoms with Crippen molar-refractivity contribution in [3.05, 3.63) is 35.4 Å². The Morgan fingerprint density at radius 3 is 2.07 bits per heavy atom. The number of carbonyl (C=O) groups is 1. The molecule has 0 saturated carbocycles. The molecule has 4 heteroatoms. The molecule has 1 nitrogen and oxygen atoms in total. The maximum atomic E-state index is 11.9. The highest BCUT2D eigenvalue weighted by atomic mass is 19.4. The molecule has 0 aliphatic rings. The lowest BCUT2D eigenvalue weighted by molar-refractivity contribution is -0.0885. The number of benzene rings is 1. The Morgan fingerprint density at radius 2 is 1.71 bits per heavy atom. The number of Topliss-reactive ketones (excluding diaryl/α,β-unsaturated/α-hetero) is 1. The minimum Gasteiger partial charge on any atom is -0.284 e. The maximum Gasteiger partial charge on any atom is 0.454 e. The van der Waals surface area contributed by atoms with Crippen molar-refractivity contribution >= 4 is 5.78 Å². The smallest absolute Gasteiger partial charge is 0.284 e. The van der Waals surface area contributed by atoms with Gasteiger partial charge in [-0.2, -0.15) is 13.2 Å². The Labute approximate surface area is 78.5 Å². The van der Waals surface area contributed by atoms with Gasteiger partial charge in [0.15, 0.2) is 0 Å². The first-order valence-electron chi connectivity index (χ1n) is 3.63. The van der Waals surface area contributed by atoms with Crippen LogP contribution in [-0.2, 0) is 0 Å². The van der Waals surface area contributed by atoms with Gasteiger partial charge in [0.1, 0.15) is 0 Å². The summed E-state index contributed by atoms with van der Waals surface area (Å²) in [4.78, 5) is 10.7. The number of alkyl halides is 3. The molecule has 0 unspecified atom stereocenters. The van der Waals surface area contributed by atoms with Gasteiger partial charge in [-0.15, -0.1) is 6.42 Å². The summed E-state index contributed by atoms with van der Waals surface area (Å²) in [6, 6.07) is 4.70. The van der Waals surface area contributed by atoms with E-state index in [1.54, 1.807) is 0 Å². The number of hydrogen-bond acceptors (Lipinski definition) is 1. The van der Waals surface area contributed by atoms with Crippen molar-refractivity contribution in [2.45, 2.75) is 6.18 Å². The summed E-state index contributed by atoms with van der Waals surface area (Å²) in [5.74, 6) is 0.379. The zero-order valence-electron chi connectivity index (χ0n) is 6.93. The van der Waals surface area contributed by atoms with Gasteiger partial charge in [0.25, 0.3) is 5.78 Å². The number of halogens is 3. The van der Waals surface area contributed by atoms with Gasteiger partial charge in [-0.1, -0.05) is 5.92 Å². The van der Waals surface area contributed by atoms with Crippen LogP contribution < -0.4 is 0 Å². The van der Waals surface area contributed by atoms with E-state index in [0.717, 1.165) is 12.1 Å². The molecule has 0 heterocycles. The third kappa shape index (κ3) is 2.13. The van der Waals surface area contributed by atoms with Crippen molar-refractivity contribution in [1.29, 1.82) is 0 Å². The first-order chi connectivity index (χ1) is 6.45. The van der Waals surface area contributed by atoms with Gasteiger partial charge in [0.05, 0.1) is 0 Å². The van der Waals surface area contributed by atoms with E-state index in [9.17, 15) is 18.0 Å². The number of terminal acetylenes is 1. The molecule has 0 aliphatic heterocycles. The lowest BCUT2D eigenvalue weighted by Crippen LogP contribution is -2.22. The SMILES string of the molecule is C#Cc1ccc(C(=O)C(F)(F)F)cc1. The quantitative estimate of drug-likeness (QED) is 0.500. The minimum absolute atomic E-state index is 0.406. The molecule has 0 aromatic heterocycles. The van der Waals surface area contributed by atoms with Gasteiger partial charge >= 0.3 is 6.18 Å². The summed E-state index contributed by atoms with van der Waals surface area (Å²) >= 11 is 0. The van der Waals surface area contributed by atoms with Crippen LogP contribution in [0.1, 0.15) is 15.9 Å². The monoisotopic (exact) mass is 198 g/mol. The van der Waals surface area contributed by atoms with Crippen LogP contribution in [0.25, 0.3) is 0 Å². The summed E-state index contributed by atoms with van der Waals surface area (Å²) in [6.45, 7) is 0. The molecule has 1 aromatic carbocycles. The fourth-order valence-corrected chi connectivity index (χ4v) is 0.881. The van der Waals surface area contributed by atoms with Crippen LogP contribution in [0.5, 0.6) is 0 Å². The molecule has 0 amide bonds. The summed E-state index contributed by atoms with van der Waals surface area (Å²) in [5.41, 5.74) is 0.0280. The second-order valence-corrected chi connectivity index (χ2v) is 2.55. The van der Waals surface area contributed by atoms with Gasteiger partial charge in [-0.3, -0.25) is 4.79 Å². The fraction of sp³-hybridized carbons (Fsp3) is 0.100. The number of rotatable bonds is 1. The van der Waals surface area contributed by atoms with Gasteiger partial charge in [0, 0.05) is 11.1 Å². The van der Waals surface area contributed by atoms with Crippen molar-refractivity contribution in [3.63, 3.8) is 0 Å². The molecule has 0 spiro atoms. The molecule has 0 bridgehead atoms. The highest BCUT2D eigenvalue weighted by Gasteiger charge is 2.38. The lowest BCUT2D eigenvalue weighted by atomic mass is 10.1. The first-order valence-corrected chi connectivity index (χ1v) is 3.63. The number of hydrogen-bond donors (Lipinski definition) is 0. The predicted octanol–water partition coefficient (Wildman–Crippen LogP) is 2.41. The van der Waals surface area contributed by atoms with Gasteiger partial charge in [-0.05, 0) is 24.3 Å². The summed E-state index contributed by atoms with van der Waals surface area (Å²) in [7, 11) is 0. The molecule has 0 radical (unpaired) electrons. The molecule has 0 saturated heterocycles. The average Bonchev–Trinajstić information content (AvgIpc) is 2.15. The van der Waals surface area contributed by atoms with E-state index in [1.807, 2.05) is 0 Å². The third-order valence-electron chi connectivity index (χ3n) is 1.57. The maximum absolute atomic E-state index is 11.9. The second kappa shape index (κ2) is 3.54. The molecule has 0 atom stereocenters. The van der Waals surface area contributed by atoms with Crippen molar-refractivity contribution < 1.29 is 18.0 Å². The van der Waals surface area contributed by atoms with E-state index >= 15 is 0 Å². The number of ketones is 1. The predicted molar refractivity (Wildman–Crippen MR) is 44.8 cm³/mol. The normalized spacial score (nSPS) is 10.7. The van der Waals surface area contributed by atoms with E-state index in [1.165, 1.54) is 12.1 Å². The third-order valence-corrected chi connectivity index (χ3v) is 1.57. The van der Waals surface area contributed by atoms with E-state index < -0.39 is 17.5 Å². The zero-order chi connectivity index (χ0) is 10.8. The highest BCUT2D eigenvalue weighted by Crippen LogP contribution is 2.21. The first kappa shape index (κ1) is 10.3. The van der Waals surface area contributed by atoms with Crippen molar-refractivity contribution in [3.8, 4) is 12.3 Å². The van der Waals surface area contributed by atoms with Gasteiger partial charge < -0.3 is 0 Å². The Hall–Kier alpha value is -1.76. The van der Waals surface area contributed by atoms with Crippen LogP contribution in [0.4, 0.5) is 13.2 Å². The number of carbonyl (C=O) groups excluding carboxylic acids is 1. The summed E-state index contributed by atoms with van der Waals surface area (Å²) in [6.07, 6.45) is 0.169. The van der Waals surface area contributed by atoms with Crippen LogP contribution in [0.15, 0.2) is 24.3 Å². The van der Waals surface area contributed by atoms with E-state index in [0.29, 0.717) is 5.56 Å². The van der Waals surface area contributed by atoms with Crippen molar-refractivity contribution in [2.75, 3.05) is 0 Å². The molecule has 72 valence electrons. The highest BCUT2D eigenvalue weighted by molar-refractivity contribution is 6.00. The van der Waals surface area contributed by atoms with E-state index in [4.69, 9.17) is 6.42 Å². The minimum atomic E-state index is -4.84. The molecule has 1 rings (SSSR count). The lowest BCUT2D eigenvalue weighted by Gasteiger charge is -2.04. The van der Waals surface area contributed by atoms with Crippen LogP contribution in [-0.4, -0.2) is 12.0 Å². The molecule has 0 N–H and O–H groups in total. The van der Waals surface area contributed by atoms with Gasteiger partial charge in [-0.25, -0.2) is 0 Å². The van der Waals surface area contributed by atoms with Crippen LogP contribution in [0, 0.1) is 12.3 Å². The Kier molecular flexibility index (Phi) is 2.61. The van der Waals surface area contributed by atoms with Crippen LogP contribution in [0.3, 0.4) is 0 Å². The Bertz CT molecular complexity index is 381. The Balaban J connectivity index is 3.00. The Morgan fingerprint density at radius 1 is 1.21 bits per heavy atom.